The van der Waals surface area contributed by atoms with Crippen molar-refractivity contribution in [2.45, 2.75) is 32.3 Å². The van der Waals surface area contributed by atoms with E-state index >= 15 is 0 Å². The van der Waals surface area contributed by atoms with Gasteiger partial charge in [-0.25, -0.2) is 0 Å². The highest BCUT2D eigenvalue weighted by Gasteiger charge is 2.39. The fourth-order valence-corrected chi connectivity index (χ4v) is 3.06. The second-order valence-electron chi connectivity index (χ2n) is 6.39. The molecule has 2 unspecified atom stereocenters. The summed E-state index contributed by atoms with van der Waals surface area (Å²) in [6, 6.07) is 6.81. The highest BCUT2D eigenvalue weighted by atomic mass is 16.5. The molecule has 23 heavy (non-hydrogen) atoms. The van der Waals surface area contributed by atoms with E-state index in [1.165, 1.54) is 6.92 Å². The summed E-state index contributed by atoms with van der Waals surface area (Å²) in [4.78, 5) is 25.9. The molecule has 1 aliphatic rings. The predicted molar refractivity (Wildman–Crippen MR) is 87.6 cm³/mol. The number of carbonyl (C=O) groups excluding carboxylic acids is 2. The average molecular weight is 319 g/mol. The van der Waals surface area contributed by atoms with E-state index in [0.29, 0.717) is 43.7 Å². The highest BCUT2D eigenvalue weighted by Crippen LogP contribution is 2.31. The van der Waals surface area contributed by atoms with E-state index in [0.717, 1.165) is 0 Å². The lowest BCUT2D eigenvalue weighted by Gasteiger charge is -2.43. The first-order valence-electron chi connectivity index (χ1n) is 7.99. The maximum atomic E-state index is 12.7. The Morgan fingerprint density at radius 3 is 2.70 bits per heavy atom. The Labute approximate surface area is 137 Å². The van der Waals surface area contributed by atoms with Crippen molar-refractivity contribution in [2.24, 2.45) is 5.92 Å². The van der Waals surface area contributed by atoms with Gasteiger partial charge in [0, 0.05) is 43.9 Å². The second kappa shape index (κ2) is 7.23. The molecule has 0 bridgehead atoms. The fourth-order valence-electron chi connectivity index (χ4n) is 3.06. The van der Waals surface area contributed by atoms with E-state index in [4.69, 9.17) is 4.74 Å². The van der Waals surface area contributed by atoms with Crippen molar-refractivity contribution in [1.29, 1.82) is 0 Å². The van der Waals surface area contributed by atoms with Crippen LogP contribution in [-0.2, 0) is 4.74 Å². The van der Waals surface area contributed by atoms with Crippen molar-refractivity contribution in [3.8, 4) is 0 Å². The Morgan fingerprint density at radius 1 is 1.39 bits per heavy atom. The van der Waals surface area contributed by atoms with Gasteiger partial charge in [-0.1, -0.05) is 19.1 Å². The van der Waals surface area contributed by atoms with E-state index in [1.807, 2.05) is 6.92 Å². The standard InChI is InChI=1S/C18H25NO4/c1-13-12-19(9-7-18(13,22)8-10-23-3)17(21)16-6-4-5-15(11-16)14(2)20/h4-6,11,13,22H,7-10,12H2,1-3H3. The van der Waals surface area contributed by atoms with Gasteiger partial charge in [-0.2, -0.15) is 0 Å². The molecule has 1 N–H and O–H groups in total. The Hall–Kier alpha value is -1.72. The first-order chi connectivity index (χ1) is 10.9. The summed E-state index contributed by atoms with van der Waals surface area (Å²) in [6.45, 7) is 4.97. The number of hydrogen-bond acceptors (Lipinski definition) is 4. The topological polar surface area (TPSA) is 66.8 Å². The van der Waals surface area contributed by atoms with Gasteiger partial charge in [0.2, 0.25) is 0 Å². The Balaban J connectivity index is 2.08. The molecular weight excluding hydrogens is 294 g/mol. The molecule has 1 fully saturated rings. The van der Waals surface area contributed by atoms with Gasteiger partial charge in [0.1, 0.15) is 0 Å². The summed E-state index contributed by atoms with van der Waals surface area (Å²) in [6.07, 6.45) is 1.11. The van der Waals surface area contributed by atoms with Crippen LogP contribution < -0.4 is 0 Å². The number of carbonyl (C=O) groups is 2. The van der Waals surface area contributed by atoms with E-state index in [9.17, 15) is 14.7 Å². The van der Waals surface area contributed by atoms with Crippen LogP contribution in [0.3, 0.4) is 0 Å². The van der Waals surface area contributed by atoms with Crippen LogP contribution in [0.1, 0.15) is 47.4 Å². The van der Waals surface area contributed by atoms with Gasteiger partial charge < -0.3 is 14.7 Å². The number of aliphatic hydroxyl groups is 1. The summed E-state index contributed by atoms with van der Waals surface area (Å²) in [7, 11) is 1.62. The van der Waals surface area contributed by atoms with E-state index in [2.05, 4.69) is 0 Å². The monoisotopic (exact) mass is 319 g/mol. The largest absolute Gasteiger partial charge is 0.389 e. The van der Waals surface area contributed by atoms with E-state index < -0.39 is 5.60 Å². The molecule has 1 aromatic carbocycles. The second-order valence-corrected chi connectivity index (χ2v) is 6.39. The van der Waals surface area contributed by atoms with Crippen LogP contribution in [0.25, 0.3) is 0 Å². The van der Waals surface area contributed by atoms with Crippen LogP contribution >= 0.6 is 0 Å². The van der Waals surface area contributed by atoms with Gasteiger partial charge in [0.15, 0.2) is 5.78 Å². The molecule has 1 saturated heterocycles. The molecule has 1 heterocycles. The van der Waals surface area contributed by atoms with Crippen molar-refractivity contribution in [3.05, 3.63) is 35.4 Å². The van der Waals surface area contributed by atoms with Crippen molar-refractivity contribution >= 4 is 11.7 Å². The number of rotatable bonds is 5. The van der Waals surface area contributed by atoms with Crippen molar-refractivity contribution in [1.82, 2.24) is 4.90 Å². The van der Waals surface area contributed by atoms with Crippen LogP contribution in [0, 0.1) is 5.92 Å². The molecule has 0 aliphatic carbocycles. The smallest absolute Gasteiger partial charge is 0.253 e. The van der Waals surface area contributed by atoms with Gasteiger partial charge in [-0.3, -0.25) is 9.59 Å². The Morgan fingerprint density at radius 2 is 2.09 bits per heavy atom. The summed E-state index contributed by atoms with van der Waals surface area (Å²) in [5, 5.41) is 10.7. The molecule has 1 aliphatic heterocycles. The maximum absolute atomic E-state index is 12.7. The lowest BCUT2D eigenvalue weighted by atomic mass is 9.79. The molecule has 0 aromatic heterocycles. The third-order valence-electron chi connectivity index (χ3n) is 4.77. The van der Waals surface area contributed by atoms with E-state index in [-0.39, 0.29) is 17.6 Å². The number of nitrogens with zero attached hydrogens (tertiary/aromatic N) is 1. The van der Waals surface area contributed by atoms with Gasteiger partial charge in [0.05, 0.1) is 5.60 Å². The zero-order valence-corrected chi connectivity index (χ0v) is 14.0. The van der Waals surface area contributed by atoms with Crippen LogP contribution in [0.15, 0.2) is 24.3 Å². The first-order valence-corrected chi connectivity index (χ1v) is 7.99. The third-order valence-corrected chi connectivity index (χ3v) is 4.77. The minimum atomic E-state index is -0.784. The zero-order valence-electron chi connectivity index (χ0n) is 14.0. The number of amides is 1. The van der Waals surface area contributed by atoms with Gasteiger partial charge in [0.25, 0.3) is 5.91 Å². The Bertz CT molecular complexity index is 586. The molecule has 126 valence electrons. The van der Waals surface area contributed by atoms with Crippen molar-refractivity contribution < 1.29 is 19.4 Å². The summed E-state index contributed by atoms with van der Waals surface area (Å²) >= 11 is 0. The molecule has 5 heteroatoms. The lowest BCUT2D eigenvalue weighted by Crippen LogP contribution is -2.52. The SMILES string of the molecule is COCCC1(O)CCN(C(=O)c2cccc(C(C)=O)c2)CC1C. The average Bonchev–Trinajstić information content (AvgIpc) is 2.55. The summed E-state index contributed by atoms with van der Waals surface area (Å²) < 4.78 is 5.06. The maximum Gasteiger partial charge on any atom is 0.253 e. The van der Waals surface area contributed by atoms with Crippen LogP contribution in [0.5, 0.6) is 0 Å². The molecule has 0 radical (unpaired) electrons. The number of benzene rings is 1. The molecular formula is C18H25NO4. The number of ketones is 1. The predicted octanol–water partition coefficient (Wildman–Crippen LogP) is 2.14. The van der Waals surface area contributed by atoms with Crippen LogP contribution in [-0.4, -0.2) is 54.1 Å². The Kier molecular flexibility index (Phi) is 5.55. The molecule has 0 spiro atoms. The molecule has 1 aromatic rings. The number of hydrogen-bond donors (Lipinski definition) is 1. The molecule has 1 amide bonds. The minimum Gasteiger partial charge on any atom is -0.389 e. The normalized spacial score (nSPS) is 24.5. The quantitative estimate of drug-likeness (QED) is 0.844. The fraction of sp³-hybridized carbons (Fsp3) is 0.556. The number of Topliss-reactive ketones (excluding diaryl/α,β-unsaturated/α-hetero) is 1. The van der Waals surface area contributed by atoms with Gasteiger partial charge in [-0.15, -0.1) is 0 Å². The first kappa shape index (κ1) is 17.6. The zero-order chi connectivity index (χ0) is 17.0. The van der Waals surface area contributed by atoms with Gasteiger partial charge in [-0.05, 0) is 31.9 Å². The van der Waals surface area contributed by atoms with Crippen molar-refractivity contribution in [2.75, 3.05) is 26.8 Å². The summed E-state index contributed by atoms with van der Waals surface area (Å²) in [5.41, 5.74) is 0.276. The van der Waals surface area contributed by atoms with Gasteiger partial charge >= 0.3 is 0 Å². The minimum absolute atomic E-state index is 0.0219. The lowest BCUT2D eigenvalue weighted by molar-refractivity contribution is -0.0750. The van der Waals surface area contributed by atoms with Crippen LogP contribution in [0.2, 0.25) is 0 Å². The van der Waals surface area contributed by atoms with Crippen molar-refractivity contribution in [3.63, 3.8) is 0 Å². The summed E-state index contributed by atoms with van der Waals surface area (Å²) in [5.74, 6) is -0.166. The molecule has 5 nitrogen and oxygen atoms in total. The van der Waals surface area contributed by atoms with E-state index in [1.54, 1.807) is 36.3 Å². The molecule has 2 rings (SSSR count). The number of methoxy groups -OCH3 is 1. The number of ether oxygens (including phenoxy) is 1. The third kappa shape index (κ3) is 3.98. The molecule has 2 atom stereocenters. The number of likely N-dealkylation sites (tertiary alicyclic amines) is 1. The van der Waals surface area contributed by atoms with Crippen LogP contribution in [0.4, 0.5) is 0 Å². The number of piperidine rings is 1. The molecule has 0 saturated carbocycles. The highest BCUT2D eigenvalue weighted by molar-refractivity contribution is 5.99.